The monoisotopic (exact) mass is 308 g/mol. The number of carbonyl (C=O) groups is 1. The average molecular weight is 308 g/mol. The summed E-state index contributed by atoms with van der Waals surface area (Å²) < 4.78 is 11.0. The van der Waals surface area contributed by atoms with Gasteiger partial charge in [0.05, 0.1) is 6.04 Å². The highest BCUT2D eigenvalue weighted by molar-refractivity contribution is 5.68. The van der Waals surface area contributed by atoms with Crippen LogP contribution in [0.15, 0.2) is 16.5 Å². The van der Waals surface area contributed by atoms with E-state index in [4.69, 9.17) is 9.15 Å². The molecule has 0 spiro atoms. The second-order valence-electron chi connectivity index (χ2n) is 7.17. The number of hydrogen-bond donors (Lipinski definition) is 2. The van der Waals surface area contributed by atoms with Crippen LogP contribution in [0, 0.1) is 12.8 Å². The third-order valence-corrected chi connectivity index (χ3v) is 3.73. The molecule has 22 heavy (non-hydrogen) atoms. The van der Waals surface area contributed by atoms with E-state index < -0.39 is 5.60 Å². The molecule has 1 aliphatic carbocycles. The Hall–Kier alpha value is -1.49. The zero-order valence-corrected chi connectivity index (χ0v) is 14.2. The number of alkyl carbamates (subject to hydrolysis) is 1. The summed E-state index contributed by atoms with van der Waals surface area (Å²) in [5.41, 5.74) is -0.468. The van der Waals surface area contributed by atoms with Crippen molar-refractivity contribution in [3.05, 3.63) is 23.7 Å². The Morgan fingerprint density at radius 2 is 2.09 bits per heavy atom. The van der Waals surface area contributed by atoms with Crippen LogP contribution in [-0.2, 0) is 4.74 Å². The third kappa shape index (κ3) is 5.37. The van der Waals surface area contributed by atoms with E-state index in [0.717, 1.165) is 24.4 Å². The molecule has 1 aliphatic rings. The highest BCUT2D eigenvalue weighted by Crippen LogP contribution is 2.32. The Kier molecular flexibility index (Phi) is 5.16. The van der Waals surface area contributed by atoms with Crippen molar-refractivity contribution in [2.45, 2.75) is 65.1 Å². The minimum Gasteiger partial charge on any atom is -0.465 e. The van der Waals surface area contributed by atoms with Crippen molar-refractivity contribution >= 4 is 6.09 Å². The van der Waals surface area contributed by atoms with Crippen LogP contribution in [0.2, 0.25) is 0 Å². The van der Waals surface area contributed by atoms with E-state index in [0.29, 0.717) is 12.5 Å². The van der Waals surface area contributed by atoms with Crippen molar-refractivity contribution in [1.29, 1.82) is 0 Å². The van der Waals surface area contributed by atoms with Gasteiger partial charge in [-0.25, -0.2) is 4.79 Å². The van der Waals surface area contributed by atoms with E-state index in [2.05, 4.69) is 17.6 Å². The summed E-state index contributed by atoms with van der Waals surface area (Å²) in [6, 6.07) is 4.18. The van der Waals surface area contributed by atoms with Gasteiger partial charge in [-0.05, 0) is 65.5 Å². The van der Waals surface area contributed by atoms with Crippen molar-refractivity contribution < 1.29 is 13.9 Å². The first-order valence-electron chi connectivity index (χ1n) is 8.04. The summed E-state index contributed by atoms with van der Waals surface area (Å²) >= 11 is 0. The van der Waals surface area contributed by atoms with Gasteiger partial charge in [0.1, 0.15) is 17.1 Å². The fourth-order valence-corrected chi connectivity index (χ4v) is 2.38. The SMILES string of the molecule is Cc1ccc(C(C)NCC(NC(=O)OC(C)(C)C)C2CC2)o1. The molecule has 5 heteroatoms. The second kappa shape index (κ2) is 6.73. The van der Waals surface area contributed by atoms with Gasteiger partial charge in [-0.2, -0.15) is 0 Å². The van der Waals surface area contributed by atoms with E-state index in [9.17, 15) is 4.79 Å². The molecule has 2 atom stereocenters. The molecule has 0 radical (unpaired) electrons. The predicted molar refractivity (Wildman–Crippen MR) is 85.7 cm³/mol. The highest BCUT2D eigenvalue weighted by atomic mass is 16.6. The van der Waals surface area contributed by atoms with Crippen molar-refractivity contribution in [2.75, 3.05) is 6.54 Å². The maximum absolute atomic E-state index is 11.9. The van der Waals surface area contributed by atoms with Crippen LogP contribution in [0.5, 0.6) is 0 Å². The molecule has 1 saturated carbocycles. The molecule has 1 heterocycles. The predicted octanol–water partition coefficient (Wildman–Crippen LogP) is 3.54. The fraction of sp³-hybridized carbons (Fsp3) is 0.706. The molecule has 0 saturated heterocycles. The molecule has 2 N–H and O–H groups in total. The number of furan rings is 1. The van der Waals surface area contributed by atoms with Gasteiger partial charge in [-0.3, -0.25) is 0 Å². The lowest BCUT2D eigenvalue weighted by Gasteiger charge is -2.24. The Labute approximate surface area is 132 Å². The van der Waals surface area contributed by atoms with Crippen molar-refractivity contribution in [3.8, 4) is 0 Å². The first-order chi connectivity index (χ1) is 10.2. The lowest BCUT2D eigenvalue weighted by atomic mass is 10.1. The minimum absolute atomic E-state index is 0.105. The van der Waals surface area contributed by atoms with Gasteiger partial charge in [0, 0.05) is 12.6 Å². The van der Waals surface area contributed by atoms with E-state index in [1.165, 1.54) is 0 Å². The normalized spacial score (nSPS) is 17.9. The fourth-order valence-electron chi connectivity index (χ4n) is 2.38. The van der Waals surface area contributed by atoms with Crippen LogP contribution < -0.4 is 10.6 Å². The Bertz CT molecular complexity index is 500. The summed E-state index contributed by atoms with van der Waals surface area (Å²) in [6.45, 7) is 10.3. The smallest absolute Gasteiger partial charge is 0.407 e. The number of ether oxygens (including phenoxy) is 1. The zero-order valence-electron chi connectivity index (χ0n) is 14.2. The van der Waals surface area contributed by atoms with E-state index in [-0.39, 0.29) is 18.2 Å². The van der Waals surface area contributed by atoms with E-state index in [1.54, 1.807) is 0 Å². The first-order valence-corrected chi connectivity index (χ1v) is 8.04. The van der Waals surface area contributed by atoms with Gasteiger partial charge < -0.3 is 19.8 Å². The maximum Gasteiger partial charge on any atom is 0.407 e. The highest BCUT2D eigenvalue weighted by Gasteiger charge is 2.33. The third-order valence-electron chi connectivity index (χ3n) is 3.73. The summed E-state index contributed by atoms with van der Waals surface area (Å²) in [5.74, 6) is 2.38. The number of hydrogen-bond acceptors (Lipinski definition) is 4. The number of aryl methyl sites for hydroxylation is 1. The van der Waals surface area contributed by atoms with E-state index in [1.807, 2.05) is 39.8 Å². The van der Waals surface area contributed by atoms with Crippen molar-refractivity contribution in [2.24, 2.45) is 5.92 Å². The molecule has 1 aromatic rings. The topological polar surface area (TPSA) is 63.5 Å². The molecule has 124 valence electrons. The summed E-state index contributed by atoms with van der Waals surface area (Å²) in [4.78, 5) is 11.9. The molecule has 2 unspecified atom stereocenters. The van der Waals surface area contributed by atoms with Gasteiger partial charge >= 0.3 is 6.09 Å². The molecule has 1 fully saturated rings. The molecule has 0 bridgehead atoms. The van der Waals surface area contributed by atoms with Crippen LogP contribution in [0.25, 0.3) is 0 Å². The van der Waals surface area contributed by atoms with Crippen LogP contribution in [0.3, 0.4) is 0 Å². The molecular weight excluding hydrogens is 280 g/mol. The van der Waals surface area contributed by atoms with E-state index >= 15 is 0 Å². The van der Waals surface area contributed by atoms with Crippen LogP contribution in [0.1, 0.15) is 58.1 Å². The van der Waals surface area contributed by atoms with Gasteiger partial charge in [-0.15, -0.1) is 0 Å². The molecule has 1 aromatic heterocycles. The minimum atomic E-state index is -0.468. The second-order valence-corrected chi connectivity index (χ2v) is 7.17. The van der Waals surface area contributed by atoms with Gasteiger partial charge in [-0.1, -0.05) is 0 Å². The summed E-state index contributed by atoms with van der Waals surface area (Å²) in [5, 5.41) is 6.43. The number of carbonyl (C=O) groups excluding carboxylic acids is 1. The number of rotatable bonds is 6. The summed E-state index contributed by atoms with van der Waals surface area (Å²) in [6.07, 6.45) is 1.99. The van der Waals surface area contributed by atoms with Crippen LogP contribution in [0.4, 0.5) is 4.79 Å². The van der Waals surface area contributed by atoms with Crippen molar-refractivity contribution in [3.63, 3.8) is 0 Å². The van der Waals surface area contributed by atoms with Gasteiger partial charge in [0.15, 0.2) is 0 Å². The maximum atomic E-state index is 11.9. The standard InChI is InChI=1S/C17H28N2O3/c1-11-6-9-15(21-11)12(2)18-10-14(13-7-8-13)19-16(20)22-17(3,4)5/h6,9,12-14,18H,7-8,10H2,1-5H3,(H,19,20). The molecule has 0 aromatic carbocycles. The Morgan fingerprint density at radius 1 is 1.41 bits per heavy atom. The Balaban J connectivity index is 1.83. The average Bonchev–Trinajstić information content (AvgIpc) is 3.14. The van der Waals surface area contributed by atoms with Crippen molar-refractivity contribution in [1.82, 2.24) is 10.6 Å². The Morgan fingerprint density at radius 3 is 2.59 bits per heavy atom. The lowest BCUT2D eigenvalue weighted by Crippen LogP contribution is -2.45. The lowest BCUT2D eigenvalue weighted by molar-refractivity contribution is 0.0496. The number of nitrogens with one attached hydrogen (secondary N) is 2. The molecule has 1 amide bonds. The van der Waals surface area contributed by atoms with Crippen LogP contribution in [-0.4, -0.2) is 24.3 Å². The molecule has 2 rings (SSSR count). The zero-order chi connectivity index (χ0) is 16.3. The largest absolute Gasteiger partial charge is 0.465 e. The quantitative estimate of drug-likeness (QED) is 0.843. The first kappa shape index (κ1) is 16.9. The molecule has 5 nitrogen and oxygen atoms in total. The number of amides is 1. The van der Waals surface area contributed by atoms with Crippen LogP contribution >= 0.6 is 0 Å². The molecule has 0 aliphatic heterocycles. The summed E-state index contributed by atoms with van der Waals surface area (Å²) in [7, 11) is 0. The van der Waals surface area contributed by atoms with Gasteiger partial charge in [0.2, 0.25) is 0 Å². The molecular formula is C17H28N2O3. The van der Waals surface area contributed by atoms with Gasteiger partial charge in [0.25, 0.3) is 0 Å².